The molecule has 0 aliphatic carbocycles. The molecule has 3 rings (SSSR count). The highest BCUT2D eigenvalue weighted by Gasteiger charge is 2.23. The van der Waals surface area contributed by atoms with Gasteiger partial charge < -0.3 is 10.0 Å². The summed E-state index contributed by atoms with van der Waals surface area (Å²) in [5.41, 5.74) is 1.02. The van der Waals surface area contributed by atoms with Gasteiger partial charge in [-0.2, -0.15) is 5.10 Å². The summed E-state index contributed by atoms with van der Waals surface area (Å²) < 4.78 is 0. The van der Waals surface area contributed by atoms with Crippen LogP contribution in [0.4, 0.5) is 0 Å². The number of aromatic amines is 1. The van der Waals surface area contributed by atoms with Gasteiger partial charge in [-0.15, -0.1) is 0 Å². The van der Waals surface area contributed by atoms with Gasteiger partial charge >= 0.3 is 5.97 Å². The molecule has 6 heteroatoms. The normalized spacial score (nSPS) is 16.7. The molecular formula is C16H20N4O2. The van der Waals surface area contributed by atoms with E-state index in [0.717, 1.165) is 43.1 Å². The monoisotopic (exact) mass is 300 g/mol. The molecule has 0 amide bonds. The van der Waals surface area contributed by atoms with Crippen molar-refractivity contribution in [2.75, 3.05) is 19.6 Å². The maximum absolute atomic E-state index is 10.6. The number of nitrogens with one attached hydrogen (secondary N) is 1. The summed E-state index contributed by atoms with van der Waals surface area (Å²) in [6.45, 7) is 2.46. The van der Waals surface area contributed by atoms with E-state index in [9.17, 15) is 4.79 Å². The van der Waals surface area contributed by atoms with Crippen LogP contribution >= 0.6 is 0 Å². The first-order chi connectivity index (χ1) is 10.7. The van der Waals surface area contributed by atoms with Crippen molar-refractivity contribution >= 4 is 5.97 Å². The molecule has 1 fully saturated rings. The molecule has 1 saturated heterocycles. The third-order valence-corrected chi connectivity index (χ3v) is 4.15. The van der Waals surface area contributed by atoms with Crippen LogP contribution in [0.1, 0.15) is 31.0 Å². The van der Waals surface area contributed by atoms with E-state index in [1.807, 2.05) is 30.3 Å². The molecule has 1 aliphatic heterocycles. The van der Waals surface area contributed by atoms with E-state index in [2.05, 4.69) is 20.1 Å². The van der Waals surface area contributed by atoms with Crippen LogP contribution in [0.3, 0.4) is 0 Å². The van der Waals surface area contributed by atoms with E-state index in [1.54, 1.807) is 0 Å². The topological polar surface area (TPSA) is 82.1 Å². The summed E-state index contributed by atoms with van der Waals surface area (Å²) in [6.07, 6.45) is 2.19. The Balaban J connectivity index is 1.58. The Morgan fingerprint density at radius 1 is 1.27 bits per heavy atom. The van der Waals surface area contributed by atoms with Crippen LogP contribution in [0.5, 0.6) is 0 Å². The zero-order chi connectivity index (χ0) is 15.4. The smallest absolute Gasteiger partial charge is 0.304 e. The van der Waals surface area contributed by atoms with Crippen molar-refractivity contribution < 1.29 is 9.90 Å². The fourth-order valence-electron chi connectivity index (χ4n) is 2.86. The fraction of sp³-hybridized carbons (Fsp3) is 0.438. The van der Waals surface area contributed by atoms with Crippen molar-refractivity contribution in [2.24, 2.45) is 0 Å². The molecule has 0 spiro atoms. The standard InChI is InChI=1S/C16H20N4O2/c21-14(22)8-11-20-9-6-13(7-10-20)16-17-15(18-19-16)12-4-2-1-3-5-12/h1-5,13H,6-11H2,(H,21,22)(H,17,18,19). The number of aromatic nitrogens is 3. The molecule has 1 aromatic heterocycles. The predicted octanol–water partition coefficient (Wildman–Crippen LogP) is 2.13. The van der Waals surface area contributed by atoms with E-state index in [1.165, 1.54) is 0 Å². The lowest BCUT2D eigenvalue weighted by atomic mass is 9.96. The lowest BCUT2D eigenvalue weighted by molar-refractivity contribution is -0.137. The number of H-pyrrole nitrogens is 1. The first kappa shape index (κ1) is 14.7. The molecule has 0 saturated carbocycles. The van der Waals surface area contributed by atoms with E-state index in [0.29, 0.717) is 12.5 Å². The Hall–Kier alpha value is -2.21. The van der Waals surface area contributed by atoms with Crippen LogP contribution in [0, 0.1) is 0 Å². The number of carboxylic acids is 1. The van der Waals surface area contributed by atoms with Gasteiger partial charge in [0.05, 0.1) is 6.42 Å². The second-order valence-corrected chi connectivity index (χ2v) is 5.67. The summed E-state index contributed by atoms with van der Waals surface area (Å²) in [5.74, 6) is 1.33. The molecule has 1 aliphatic rings. The molecule has 0 unspecified atom stereocenters. The zero-order valence-corrected chi connectivity index (χ0v) is 12.4. The summed E-state index contributed by atoms with van der Waals surface area (Å²) >= 11 is 0. The van der Waals surface area contributed by atoms with Crippen LogP contribution in [0.15, 0.2) is 30.3 Å². The van der Waals surface area contributed by atoms with Gasteiger partial charge in [-0.25, -0.2) is 4.98 Å². The maximum Gasteiger partial charge on any atom is 0.304 e. The Kier molecular flexibility index (Phi) is 4.48. The zero-order valence-electron chi connectivity index (χ0n) is 12.4. The molecule has 2 aromatic rings. The number of hydrogen-bond donors (Lipinski definition) is 2. The molecule has 2 heterocycles. The van der Waals surface area contributed by atoms with E-state index >= 15 is 0 Å². The number of piperidine rings is 1. The molecule has 22 heavy (non-hydrogen) atoms. The molecule has 0 radical (unpaired) electrons. The van der Waals surface area contributed by atoms with Gasteiger partial charge in [-0.05, 0) is 25.9 Å². The van der Waals surface area contributed by atoms with Gasteiger partial charge in [0.1, 0.15) is 5.82 Å². The number of hydrogen-bond acceptors (Lipinski definition) is 4. The molecular weight excluding hydrogens is 280 g/mol. The summed E-state index contributed by atoms with van der Waals surface area (Å²) in [7, 11) is 0. The third kappa shape index (κ3) is 3.51. The third-order valence-electron chi connectivity index (χ3n) is 4.15. The van der Waals surface area contributed by atoms with E-state index < -0.39 is 5.97 Å². The van der Waals surface area contributed by atoms with Crippen molar-refractivity contribution in [1.82, 2.24) is 20.1 Å². The summed E-state index contributed by atoms with van der Waals surface area (Å²) in [5, 5.41) is 16.1. The largest absolute Gasteiger partial charge is 0.481 e. The lowest BCUT2D eigenvalue weighted by Crippen LogP contribution is -2.34. The number of likely N-dealkylation sites (tertiary alicyclic amines) is 1. The maximum atomic E-state index is 10.6. The number of aliphatic carboxylic acids is 1. The van der Waals surface area contributed by atoms with Gasteiger partial charge in [0, 0.05) is 18.0 Å². The van der Waals surface area contributed by atoms with Gasteiger partial charge in [0.2, 0.25) is 0 Å². The van der Waals surface area contributed by atoms with Crippen LogP contribution < -0.4 is 0 Å². The predicted molar refractivity (Wildman–Crippen MR) is 82.5 cm³/mol. The Bertz CT molecular complexity index is 618. The minimum atomic E-state index is -0.732. The Labute approximate surface area is 129 Å². The molecule has 1 aromatic carbocycles. The quantitative estimate of drug-likeness (QED) is 0.884. The number of benzene rings is 1. The highest BCUT2D eigenvalue weighted by atomic mass is 16.4. The average Bonchev–Trinajstić information content (AvgIpc) is 3.04. The number of carboxylic acid groups (broad SMARTS) is 1. The highest BCUT2D eigenvalue weighted by molar-refractivity contribution is 5.66. The molecule has 2 N–H and O–H groups in total. The minimum absolute atomic E-state index is 0.213. The first-order valence-electron chi connectivity index (χ1n) is 7.64. The van der Waals surface area contributed by atoms with Crippen molar-refractivity contribution in [3.05, 3.63) is 36.2 Å². The SMILES string of the molecule is O=C(O)CCN1CCC(c2nc(-c3ccccc3)n[nH]2)CC1. The second kappa shape index (κ2) is 6.70. The van der Waals surface area contributed by atoms with Crippen molar-refractivity contribution in [3.63, 3.8) is 0 Å². The van der Waals surface area contributed by atoms with E-state index in [4.69, 9.17) is 5.11 Å². The van der Waals surface area contributed by atoms with Gasteiger partial charge in [-0.1, -0.05) is 30.3 Å². The summed E-state index contributed by atoms with van der Waals surface area (Å²) in [6, 6.07) is 9.94. The lowest BCUT2D eigenvalue weighted by Gasteiger charge is -2.30. The van der Waals surface area contributed by atoms with Gasteiger partial charge in [0.25, 0.3) is 0 Å². The van der Waals surface area contributed by atoms with Crippen LogP contribution in [0.2, 0.25) is 0 Å². The summed E-state index contributed by atoms with van der Waals surface area (Å²) in [4.78, 5) is 17.4. The first-order valence-corrected chi connectivity index (χ1v) is 7.64. The van der Waals surface area contributed by atoms with Crippen molar-refractivity contribution in [2.45, 2.75) is 25.2 Å². The minimum Gasteiger partial charge on any atom is -0.481 e. The van der Waals surface area contributed by atoms with Crippen molar-refractivity contribution in [3.8, 4) is 11.4 Å². The van der Waals surface area contributed by atoms with E-state index in [-0.39, 0.29) is 6.42 Å². The second-order valence-electron chi connectivity index (χ2n) is 5.67. The number of carbonyl (C=O) groups is 1. The number of nitrogens with zero attached hydrogens (tertiary/aromatic N) is 3. The highest BCUT2D eigenvalue weighted by Crippen LogP contribution is 2.26. The van der Waals surface area contributed by atoms with Gasteiger partial charge in [0.15, 0.2) is 5.82 Å². The van der Waals surface area contributed by atoms with Crippen LogP contribution in [0.25, 0.3) is 11.4 Å². The van der Waals surface area contributed by atoms with Crippen LogP contribution in [-0.4, -0.2) is 50.8 Å². The molecule has 6 nitrogen and oxygen atoms in total. The van der Waals surface area contributed by atoms with Crippen molar-refractivity contribution in [1.29, 1.82) is 0 Å². The average molecular weight is 300 g/mol. The molecule has 116 valence electrons. The molecule has 0 atom stereocenters. The van der Waals surface area contributed by atoms with Crippen LogP contribution in [-0.2, 0) is 4.79 Å². The fourth-order valence-corrected chi connectivity index (χ4v) is 2.86. The Morgan fingerprint density at radius 2 is 2.00 bits per heavy atom. The number of rotatable bonds is 5. The molecule has 0 bridgehead atoms. The van der Waals surface area contributed by atoms with Gasteiger partial charge in [-0.3, -0.25) is 9.89 Å². The Morgan fingerprint density at radius 3 is 2.68 bits per heavy atom.